The number of nitrogens with zero attached hydrogens (tertiary/aromatic N) is 1. The van der Waals surface area contributed by atoms with E-state index in [-0.39, 0.29) is 30.1 Å². The summed E-state index contributed by atoms with van der Waals surface area (Å²) in [6, 6.07) is 11.0. The highest BCUT2D eigenvalue weighted by atomic mass is 32.2. The van der Waals surface area contributed by atoms with Crippen molar-refractivity contribution in [2.24, 2.45) is 7.05 Å². The molecule has 5 rings (SSSR count). The number of aromatic nitrogens is 1. The summed E-state index contributed by atoms with van der Waals surface area (Å²) in [6.45, 7) is 1.95. The zero-order valence-corrected chi connectivity index (χ0v) is 21.4. The molecule has 0 aliphatic carbocycles. The molecule has 0 amide bonds. The molecular weight excluding hydrogens is 519 g/mol. The Hall–Kier alpha value is -3.45. The normalized spacial score (nSPS) is 15.7. The van der Waals surface area contributed by atoms with Crippen LogP contribution in [0.15, 0.2) is 53.5 Å². The van der Waals surface area contributed by atoms with Crippen molar-refractivity contribution < 1.29 is 36.5 Å². The minimum absolute atomic E-state index is 0.0130. The van der Waals surface area contributed by atoms with Crippen LogP contribution < -0.4 is 24.5 Å². The molecule has 0 radical (unpaired) electrons. The number of halogens is 1. The Kier molecular flexibility index (Phi) is 7.93. The molecule has 2 saturated heterocycles. The summed E-state index contributed by atoms with van der Waals surface area (Å²) in [5, 5.41) is 0. The van der Waals surface area contributed by atoms with E-state index in [4.69, 9.17) is 23.7 Å². The van der Waals surface area contributed by atoms with E-state index in [1.165, 1.54) is 22.8 Å². The number of hydrogen-bond acceptors (Lipinski definition) is 8. The number of ether oxygens (including phenoxy) is 5. The number of aryl methyl sites for hydroxylation is 1. The van der Waals surface area contributed by atoms with Gasteiger partial charge in [0.05, 0.1) is 26.4 Å². The molecule has 1 N–H and O–H groups in total. The van der Waals surface area contributed by atoms with E-state index < -0.39 is 16.7 Å². The van der Waals surface area contributed by atoms with Crippen LogP contribution in [0.5, 0.6) is 23.0 Å². The van der Waals surface area contributed by atoms with Crippen LogP contribution in [0.25, 0.3) is 11.1 Å². The number of thiol groups is 1. The standard InChI is InChI=1S/C26H27FN2O8S/c1-29-11-21(25(10-26(29)30)36-19-14-34-15-19)20-8-16(6-7-28-38(31)32)2-4-23(20)37-24-5-3-17(9-22(24)27)35-18-12-33-13-18/h2-5,8-11,18-19,38H,6-7,12-15H2,1H3,(H,28,31,32). The topological polar surface area (TPSA) is 114 Å². The molecule has 0 atom stereocenters. The van der Waals surface area contributed by atoms with Gasteiger partial charge in [0.2, 0.25) is 10.9 Å². The number of pyridine rings is 1. The SMILES string of the molecule is Cn1cc(-c2cc(CCN[SH](=O)=O)ccc2Oc2ccc(OC3COC3)cc2F)c(OC2COC2)cc1=O. The predicted octanol–water partition coefficient (Wildman–Crippen LogP) is 2.20. The molecule has 2 aromatic carbocycles. The molecule has 1 aromatic heterocycles. The summed E-state index contributed by atoms with van der Waals surface area (Å²) in [5.74, 6) is 0.422. The highest BCUT2D eigenvalue weighted by Gasteiger charge is 2.24. The van der Waals surface area contributed by atoms with Crippen molar-refractivity contribution in [1.29, 1.82) is 0 Å². The van der Waals surface area contributed by atoms with Gasteiger partial charge in [0.15, 0.2) is 11.6 Å². The maximum absolute atomic E-state index is 15.0. The predicted molar refractivity (Wildman–Crippen MR) is 136 cm³/mol. The molecule has 0 unspecified atom stereocenters. The van der Waals surface area contributed by atoms with Crippen molar-refractivity contribution in [3.63, 3.8) is 0 Å². The number of nitrogens with one attached hydrogen (secondary N) is 1. The van der Waals surface area contributed by atoms with Crippen LogP contribution in [0.1, 0.15) is 5.56 Å². The minimum atomic E-state index is -2.72. The molecule has 0 bridgehead atoms. The third-order valence-electron chi connectivity index (χ3n) is 6.11. The van der Waals surface area contributed by atoms with Gasteiger partial charge >= 0.3 is 0 Å². The van der Waals surface area contributed by atoms with Gasteiger partial charge in [-0.3, -0.25) is 4.79 Å². The van der Waals surface area contributed by atoms with Gasteiger partial charge in [-0.15, -0.1) is 0 Å². The largest absolute Gasteiger partial charge is 0.485 e. The van der Waals surface area contributed by atoms with Crippen molar-refractivity contribution in [1.82, 2.24) is 9.29 Å². The quantitative estimate of drug-likeness (QED) is 0.352. The molecule has 2 fully saturated rings. The fraction of sp³-hybridized carbons (Fsp3) is 0.346. The third-order valence-corrected chi connectivity index (χ3v) is 6.60. The van der Waals surface area contributed by atoms with Crippen LogP contribution in [0, 0.1) is 5.82 Å². The van der Waals surface area contributed by atoms with Crippen LogP contribution >= 0.6 is 0 Å². The summed E-state index contributed by atoms with van der Waals surface area (Å²) in [7, 11) is -1.10. The maximum atomic E-state index is 15.0. The van der Waals surface area contributed by atoms with Gasteiger partial charge in [0, 0.05) is 43.0 Å². The Morgan fingerprint density at radius 1 is 0.947 bits per heavy atom. The molecule has 12 heteroatoms. The molecule has 3 heterocycles. The fourth-order valence-corrected chi connectivity index (χ4v) is 4.22. The average molecular weight is 547 g/mol. The summed E-state index contributed by atoms with van der Waals surface area (Å²) in [4.78, 5) is 12.4. The lowest BCUT2D eigenvalue weighted by Gasteiger charge is -2.28. The van der Waals surface area contributed by atoms with E-state index in [9.17, 15) is 17.6 Å². The molecule has 2 aliphatic rings. The van der Waals surface area contributed by atoms with E-state index in [2.05, 4.69) is 4.72 Å². The second-order valence-electron chi connectivity index (χ2n) is 9.00. The summed E-state index contributed by atoms with van der Waals surface area (Å²) < 4.78 is 68.6. The van der Waals surface area contributed by atoms with Crippen LogP contribution in [0.2, 0.25) is 0 Å². The van der Waals surface area contributed by atoms with Crippen LogP contribution in [0.4, 0.5) is 4.39 Å². The second kappa shape index (κ2) is 11.5. The first kappa shape index (κ1) is 26.2. The second-order valence-corrected chi connectivity index (χ2v) is 9.83. The molecule has 0 spiro atoms. The van der Waals surface area contributed by atoms with Crippen molar-refractivity contribution in [2.45, 2.75) is 18.6 Å². The zero-order valence-electron chi connectivity index (χ0n) is 20.6. The average Bonchev–Trinajstić information content (AvgIpc) is 2.83. The van der Waals surface area contributed by atoms with Crippen LogP contribution in [0.3, 0.4) is 0 Å². The lowest BCUT2D eigenvalue weighted by Crippen LogP contribution is -2.39. The first-order valence-electron chi connectivity index (χ1n) is 12.0. The number of hydrogen-bond donors (Lipinski definition) is 2. The van der Waals surface area contributed by atoms with E-state index in [1.807, 2.05) is 6.07 Å². The molecule has 202 valence electrons. The maximum Gasteiger partial charge on any atom is 0.254 e. The smallest absolute Gasteiger partial charge is 0.254 e. The van der Waals surface area contributed by atoms with Gasteiger partial charge in [-0.2, -0.15) is 0 Å². The van der Waals surface area contributed by atoms with Crippen LogP contribution in [-0.4, -0.2) is 58.2 Å². The minimum Gasteiger partial charge on any atom is -0.485 e. The summed E-state index contributed by atoms with van der Waals surface area (Å²) >= 11 is 0. The van der Waals surface area contributed by atoms with Gasteiger partial charge < -0.3 is 28.3 Å². The molecule has 2 aliphatic heterocycles. The molecule has 10 nitrogen and oxygen atoms in total. The van der Waals surface area contributed by atoms with Gasteiger partial charge in [-0.25, -0.2) is 17.5 Å². The molecule has 0 saturated carbocycles. The fourth-order valence-electron chi connectivity index (χ4n) is 3.93. The highest BCUT2D eigenvalue weighted by Crippen LogP contribution is 2.40. The Labute approximate surface area is 219 Å². The molecule has 3 aromatic rings. The lowest BCUT2D eigenvalue weighted by atomic mass is 10.0. The lowest BCUT2D eigenvalue weighted by molar-refractivity contribution is -0.0797. The van der Waals surface area contributed by atoms with Gasteiger partial charge in [-0.1, -0.05) is 6.07 Å². The van der Waals surface area contributed by atoms with Crippen LogP contribution in [-0.2, 0) is 33.8 Å². The number of benzene rings is 2. The van der Waals surface area contributed by atoms with Gasteiger partial charge in [0.25, 0.3) is 5.56 Å². The Morgan fingerprint density at radius 2 is 1.66 bits per heavy atom. The van der Waals surface area contributed by atoms with E-state index in [0.29, 0.717) is 61.2 Å². The van der Waals surface area contributed by atoms with E-state index in [0.717, 1.165) is 5.56 Å². The third kappa shape index (κ3) is 6.16. The Balaban J connectivity index is 1.50. The van der Waals surface area contributed by atoms with E-state index in [1.54, 1.807) is 31.4 Å². The first-order chi connectivity index (χ1) is 18.4. The van der Waals surface area contributed by atoms with Crippen molar-refractivity contribution in [2.75, 3.05) is 33.0 Å². The van der Waals surface area contributed by atoms with Crippen molar-refractivity contribution in [3.8, 4) is 34.1 Å². The Morgan fingerprint density at radius 3 is 2.32 bits per heavy atom. The summed E-state index contributed by atoms with van der Waals surface area (Å²) in [6.07, 6.45) is 1.74. The molecule has 38 heavy (non-hydrogen) atoms. The zero-order chi connectivity index (χ0) is 26.6. The molecular formula is C26H27FN2O8S. The highest BCUT2D eigenvalue weighted by molar-refractivity contribution is 7.70. The Bertz CT molecular complexity index is 1440. The van der Waals surface area contributed by atoms with Crippen molar-refractivity contribution in [3.05, 3.63) is 70.4 Å². The first-order valence-corrected chi connectivity index (χ1v) is 13.2. The van der Waals surface area contributed by atoms with Gasteiger partial charge in [0.1, 0.15) is 29.5 Å². The van der Waals surface area contributed by atoms with E-state index >= 15 is 0 Å². The summed E-state index contributed by atoms with van der Waals surface area (Å²) in [5.41, 5.74) is 1.65. The van der Waals surface area contributed by atoms with Gasteiger partial charge in [-0.05, 0) is 36.2 Å². The van der Waals surface area contributed by atoms with Crippen molar-refractivity contribution >= 4 is 10.9 Å². The number of rotatable bonds is 11. The monoisotopic (exact) mass is 546 g/mol.